The predicted octanol–water partition coefficient (Wildman–Crippen LogP) is 5.63. The van der Waals surface area contributed by atoms with Crippen LogP contribution in [0.2, 0.25) is 10.0 Å². The van der Waals surface area contributed by atoms with E-state index in [1.807, 2.05) is 18.2 Å². The monoisotopic (exact) mass is 429 g/mol. The van der Waals surface area contributed by atoms with E-state index in [-0.39, 0.29) is 5.91 Å². The molecule has 0 saturated carbocycles. The molecule has 1 amide bonds. The molecule has 2 heterocycles. The van der Waals surface area contributed by atoms with E-state index in [1.54, 1.807) is 43.6 Å². The van der Waals surface area contributed by atoms with Crippen molar-refractivity contribution in [1.82, 2.24) is 4.98 Å². The molecule has 0 bridgehead atoms. The highest BCUT2D eigenvalue weighted by Gasteiger charge is 2.23. The number of fused-ring (bicyclic) bond motifs is 1. The Morgan fingerprint density at radius 3 is 2.68 bits per heavy atom. The maximum atomic E-state index is 12.3. The van der Waals surface area contributed by atoms with E-state index >= 15 is 0 Å². The molecule has 0 aliphatic carbocycles. The van der Waals surface area contributed by atoms with Gasteiger partial charge in [-0.2, -0.15) is 4.99 Å². The van der Waals surface area contributed by atoms with Crippen LogP contribution in [0, 0.1) is 0 Å². The lowest BCUT2D eigenvalue weighted by Gasteiger charge is -2.08. The molecule has 2 aromatic carbocycles. The number of amides is 1. The molecule has 1 N–H and O–H groups in total. The molecule has 0 saturated heterocycles. The van der Waals surface area contributed by atoms with E-state index in [9.17, 15) is 4.79 Å². The average Bonchev–Trinajstić information content (AvgIpc) is 3.03. The summed E-state index contributed by atoms with van der Waals surface area (Å²) in [6, 6.07) is 12.7. The number of methoxy groups -OCH3 is 1. The number of hydrogen-bond donors (Lipinski definition) is 1. The number of para-hydroxylation sites is 1. The fourth-order valence-electron chi connectivity index (χ4n) is 2.74. The smallest absolute Gasteiger partial charge is 0.286 e. The molecule has 0 atom stereocenters. The fraction of sp³-hybridized carbons (Fsp3) is 0.0500. The van der Waals surface area contributed by atoms with E-state index in [2.05, 4.69) is 15.3 Å². The summed E-state index contributed by atoms with van der Waals surface area (Å²) >= 11 is 13.6. The summed E-state index contributed by atoms with van der Waals surface area (Å²) in [5.74, 6) is 0.400. The first-order valence-corrected chi connectivity index (χ1v) is 9.79. The van der Waals surface area contributed by atoms with Gasteiger partial charge in [0.15, 0.2) is 5.17 Å². The topological polar surface area (TPSA) is 63.6 Å². The van der Waals surface area contributed by atoms with Crippen LogP contribution in [0.1, 0.15) is 5.56 Å². The molecule has 140 valence electrons. The number of amidine groups is 1. The summed E-state index contributed by atoms with van der Waals surface area (Å²) in [7, 11) is 1.61. The quantitative estimate of drug-likeness (QED) is 0.546. The van der Waals surface area contributed by atoms with Crippen molar-refractivity contribution in [3.05, 3.63) is 69.2 Å². The number of carbonyl (C=O) groups excluding carboxylic acids is 1. The van der Waals surface area contributed by atoms with Crippen LogP contribution in [0.25, 0.3) is 17.0 Å². The standard InChI is InChI=1S/C20H13Cl2N3O2S/c1-27-16-7-8-23-15-6-5-11(9-12(15)16)10-17-19(26)25-20(28-17)24-18-13(21)3-2-4-14(18)22/h2-10H,1H3,(H,24,25,26)/b17-10-. The van der Waals surface area contributed by atoms with Crippen LogP contribution in [0.4, 0.5) is 5.69 Å². The Morgan fingerprint density at radius 2 is 1.93 bits per heavy atom. The van der Waals surface area contributed by atoms with Gasteiger partial charge in [-0.1, -0.05) is 35.3 Å². The van der Waals surface area contributed by atoms with Gasteiger partial charge in [0.05, 0.1) is 33.3 Å². The summed E-state index contributed by atoms with van der Waals surface area (Å²) in [5.41, 5.74) is 2.19. The van der Waals surface area contributed by atoms with Crippen LogP contribution >= 0.6 is 35.0 Å². The number of aromatic nitrogens is 1. The number of aliphatic imine (C=N–C) groups is 1. The van der Waals surface area contributed by atoms with Crippen molar-refractivity contribution in [3.63, 3.8) is 0 Å². The molecule has 0 radical (unpaired) electrons. The lowest BCUT2D eigenvalue weighted by atomic mass is 10.1. The molecule has 5 nitrogen and oxygen atoms in total. The number of pyridine rings is 1. The molecular formula is C20H13Cl2N3O2S. The Bertz CT molecular complexity index is 1140. The van der Waals surface area contributed by atoms with Gasteiger partial charge in [0.2, 0.25) is 0 Å². The normalized spacial score (nSPS) is 15.2. The van der Waals surface area contributed by atoms with Crippen LogP contribution < -0.4 is 10.1 Å². The second kappa shape index (κ2) is 7.83. The summed E-state index contributed by atoms with van der Waals surface area (Å²) in [6.45, 7) is 0. The molecule has 0 unspecified atom stereocenters. The van der Waals surface area contributed by atoms with Crippen molar-refractivity contribution in [1.29, 1.82) is 0 Å². The van der Waals surface area contributed by atoms with Crippen LogP contribution in [-0.4, -0.2) is 23.2 Å². The van der Waals surface area contributed by atoms with E-state index in [1.165, 1.54) is 11.8 Å². The van der Waals surface area contributed by atoms with E-state index in [0.29, 0.717) is 25.8 Å². The third-order valence-electron chi connectivity index (χ3n) is 4.06. The number of thioether (sulfide) groups is 1. The minimum atomic E-state index is -0.325. The highest BCUT2D eigenvalue weighted by Crippen LogP contribution is 2.35. The number of nitrogens with one attached hydrogen (secondary N) is 1. The van der Waals surface area contributed by atoms with Crippen molar-refractivity contribution in [3.8, 4) is 5.75 Å². The fourth-order valence-corrected chi connectivity index (χ4v) is 4.05. The van der Waals surface area contributed by atoms with Gasteiger partial charge in [0, 0.05) is 11.6 Å². The predicted molar refractivity (Wildman–Crippen MR) is 116 cm³/mol. The Kier molecular flexibility index (Phi) is 5.26. The molecule has 3 aromatic rings. The number of halogens is 2. The van der Waals surface area contributed by atoms with Crippen LogP contribution in [0.5, 0.6) is 5.75 Å². The Balaban J connectivity index is 1.60. The summed E-state index contributed by atoms with van der Waals surface area (Å²) in [4.78, 5) is 21.2. The second-order valence-electron chi connectivity index (χ2n) is 5.84. The van der Waals surface area contributed by atoms with Crippen LogP contribution in [0.3, 0.4) is 0 Å². The minimum absolute atomic E-state index is 0.325. The zero-order chi connectivity index (χ0) is 19.7. The molecule has 1 aromatic heterocycles. The van der Waals surface area contributed by atoms with Crippen molar-refractivity contribution in [2.24, 2.45) is 4.99 Å². The third kappa shape index (κ3) is 3.71. The highest BCUT2D eigenvalue weighted by atomic mass is 35.5. The number of benzene rings is 2. The van der Waals surface area contributed by atoms with Gasteiger partial charge < -0.3 is 10.1 Å². The molecule has 0 spiro atoms. The lowest BCUT2D eigenvalue weighted by Crippen LogP contribution is -2.05. The first-order valence-electron chi connectivity index (χ1n) is 8.21. The summed E-state index contributed by atoms with van der Waals surface area (Å²) in [6.07, 6.45) is 3.48. The number of hydrogen-bond acceptors (Lipinski definition) is 5. The molecule has 4 rings (SSSR count). The second-order valence-corrected chi connectivity index (χ2v) is 7.69. The van der Waals surface area contributed by atoms with Crippen LogP contribution in [-0.2, 0) is 4.79 Å². The Morgan fingerprint density at radius 1 is 1.14 bits per heavy atom. The average molecular weight is 430 g/mol. The minimum Gasteiger partial charge on any atom is -0.496 e. The summed E-state index contributed by atoms with van der Waals surface area (Å²) < 4.78 is 5.39. The van der Waals surface area contributed by atoms with Crippen molar-refractivity contribution < 1.29 is 9.53 Å². The van der Waals surface area contributed by atoms with Gasteiger partial charge >= 0.3 is 0 Å². The number of ether oxygens (including phenoxy) is 1. The van der Waals surface area contributed by atoms with Gasteiger partial charge in [-0.15, -0.1) is 0 Å². The van der Waals surface area contributed by atoms with Gasteiger partial charge in [-0.3, -0.25) is 9.78 Å². The molecular weight excluding hydrogens is 417 g/mol. The van der Waals surface area contributed by atoms with Crippen molar-refractivity contribution in [2.75, 3.05) is 12.4 Å². The number of carbonyl (C=O) groups is 1. The molecule has 28 heavy (non-hydrogen) atoms. The van der Waals surface area contributed by atoms with Gasteiger partial charge in [0.1, 0.15) is 5.75 Å². The van der Waals surface area contributed by atoms with Crippen molar-refractivity contribution >= 4 is 68.7 Å². The maximum absolute atomic E-state index is 12.3. The number of nitrogens with zero attached hydrogens (tertiary/aromatic N) is 2. The largest absolute Gasteiger partial charge is 0.496 e. The molecule has 1 aliphatic rings. The van der Waals surface area contributed by atoms with Gasteiger partial charge in [0.25, 0.3) is 5.91 Å². The SMILES string of the molecule is COc1ccnc2ccc(/C=C3\SC(Nc4c(Cl)cccc4Cl)=NC3=O)cc12. The van der Waals surface area contributed by atoms with E-state index in [0.717, 1.165) is 22.2 Å². The van der Waals surface area contributed by atoms with Crippen LogP contribution in [0.15, 0.2) is 58.6 Å². The first kappa shape index (κ1) is 18.8. The molecule has 1 aliphatic heterocycles. The first-order chi connectivity index (χ1) is 13.5. The van der Waals surface area contributed by atoms with Gasteiger partial charge in [-0.25, -0.2) is 0 Å². The Hall–Kier alpha value is -2.54. The van der Waals surface area contributed by atoms with Gasteiger partial charge in [-0.05, 0) is 53.7 Å². The third-order valence-corrected chi connectivity index (χ3v) is 5.59. The highest BCUT2D eigenvalue weighted by molar-refractivity contribution is 8.18. The van der Waals surface area contributed by atoms with E-state index in [4.69, 9.17) is 27.9 Å². The molecule has 8 heteroatoms. The maximum Gasteiger partial charge on any atom is 0.286 e. The zero-order valence-corrected chi connectivity index (χ0v) is 16.9. The summed E-state index contributed by atoms with van der Waals surface area (Å²) in [5, 5.41) is 5.23. The van der Waals surface area contributed by atoms with E-state index < -0.39 is 0 Å². The lowest BCUT2D eigenvalue weighted by molar-refractivity contribution is -0.113. The molecule has 0 fully saturated rings. The number of anilines is 1. The number of rotatable bonds is 3. The Labute approximate surface area is 175 Å². The van der Waals surface area contributed by atoms with Crippen molar-refractivity contribution in [2.45, 2.75) is 0 Å². The zero-order valence-electron chi connectivity index (χ0n) is 14.6.